The number of aliphatic hydroxyl groups excluding tert-OH is 3. The van der Waals surface area contributed by atoms with E-state index in [1.54, 1.807) is 19.9 Å². The second-order valence-corrected chi connectivity index (χ2v) is 10.6. The van der Waals surface area contributed by atoms with E-state index in [1.807, 2.05) is 12.2 Å². The Morgan fingerprint density at radius 3 is 2.60 bits per heavy atom. The van der Waals surface area contributed by atoms with E-state index in [1.165, 1.54) is 17.8 Å². The van der Waals surface area contributed by atoms with E-state index in [0.717, 1.165) is 12.1 Å². The van der Waals surface area contributed by atoms with Gasteiger partial charge in [-0.25, -0.2) is 0 Å². The number of carbonyl (C=O) groups excluding carboxylic acids is 1. The van der Waals surface area contributed by atoms with Crippen molar-refractivity contribution < 1.29 is 38.0 Å². The Hall–Kier alpha value is -1.55. The molecule has 0 aliphatic heterocycles. The van der Waals surface area contributed by atoms with Crippen LogP contribution in [-0.4, -0.2) is 56.7 Å². The number of allylic oxidation sites excluding steroid dienone is 2. The highest BCUT2D eigenvalue weighted by molar-refractivity contribution is 8.00. The molecule has 0 aromatic heterocycles. The molecule has 0 heterocycles. The first-order valence-corrected chi connectivity index (χ1v) is 13.2. The van der Waals surface area contributed by atoms with Gasteiger partial charge in [-0.3, -0.25) is 4.79 Å². The van der Waals surface area contributed by atoms with Crippen molar-refractivity contribution in [1.29, 1.82) is 0 Å². The third kappa shape index (κ3) is 10.5. The van der Waals surface area contributed by atoms with Gasteiger partial charge in [0.1, 0.15) is 0 Å². The standard InChI is InChI=1S/C26H37F3O5S/c1-17(2)34-24(33)11-6-4-3-5-10-21-22(31)15-23(32)25(21)35-16-20(30)13-12-18-8-7-9-19(14-18)26(27,28)29/h3-4,7-9,14,17,20-23,25,30-32H,5-6,10-13,15-16H2,1-2H3/b4-3-/t20?,21-,22?,23?,25?/m0/s1. The summed E-state index contributed by atoms with van der Waals surface area (Å²) in [6.45, 7) is 3.61. The zero-order valence-corrected chi connectivity index (χ0v) is 21.1. The molecule has 1 saturated carbocycles. The zero-order chi connectivity index (χ0) is 26.0. The fourth-order valence-corrected chi connectivity index (χ4v) is 5.75. The number of alkyl halides is 3. The number of carbonyl (C=O) groups is 1. The van der Waals surface area contributed by atoms with E-state index in [4.69, 9.17) is 4.74 Å². The van der Waals surface area contributed by atoms with Crippen LogP contribution in [0.25, 0.3) is 0 Å². The molecule has 2 rings (SSSR count). The molecule has 4 unspecified atom stereocenters. The second kappa shape index (κ2) is 14.3. The lowest BCUT2D eigenvalue weighted by Gasteiger charge is -2.24. The van der Waals surface area contributed by atoms with Gasteiger partial charge in [0.25, 0.3) is 0 Å². The number of aryl methyl sites for hydroxylation is 1. The molecule has 198 valence electrons. The minimum atomic E-state index is -4.40. The van der Waals surface area contributed by atoms with Crippen LogP contribution in [0.2, 0.25) is 0 Å². The van der Waals surface area contributed by atoms with E-state index in [0.29, 0.717) is 49.8 Å². The summed E-state index contributed by atoms with van der Waals surface area (Å²) in [6, 6.07) is 5.11. The summed E-state index contributed by atoms with van der Waals surface area (Å²) in [5.41, 5.74) is -0.184. The Bertz CT molecular complexity index is 814. The number of thioether (sulfide) groups is 1. The summed E-state index contributed by atoms with van der Waals surface area (Å²) < 4.78 is 43.7. The first-order chi connectivity index (χ1) is 16.5. The predicted octanol–water partition coefficient (Wildman–Crippen LogP) is 4.91. The van der Waals surface area contributed by atoms with Crippen LogP contribution in [0.5, 0.6) is 0 Å². The van der Waals surface area contributed by atoms with Crippen molar-refractivity contribution >= 4 is 17.7 Å². The highest BCUT2D eigenvalue weighted by Gasteiger charge is 2.41. The lowest BCUT2D eigenvalue weighted by molar-refractivity contribution is -0.147. The monoisotopic (exact) mass is 518 g/mol. The molecule has 3 N–H and O–H groups in total. The third-order valence-electron chi connectivity index (χ3n) is 6.00. The minimum Gasteiger partial charge on any atom is -0.463 e. The molecule has 9 heteroatoms. The van der Waals surface area contributed by atoms with Gasteiger partial charge in [0.15, 0.2) is 0 Å². The van der Waals surface area contributed by atoms with Crippen molar-refractivity contribution in [2.45, 2.75) is 94.6 Å². The maximum atomic E-state index is 12.9. The minimum absolute atomic E-state index is 0.124. The van der Waals surface area contributed by atoms with Crippen LogP contribution in [0.4, 0.5) is 13.2 Å². The number of aliphatic hydroxyl groups is 3. The van der Waals surface area contributed by atoms with Crippen LogP contribution in [-0.2, 0) is 22.1 Å². The van der Waals surface area contributed by atoms with Gasteiger partial charge in [0, 0.05) is 23.8 Å². The van der Waals surface area contributed by atoms with Gasteiger partial charge in [-0.15, -0.1) is 0 Å². The molecular weight excluding hydrogens is 481 g/mol. The van der Waals surface area contributed by atoms with Crippen LogP contribution in [0.1, 0.15) is 63.5 Å². The molecule has 5 nitrogen and oxygen atoms in total. The average Bonchev–Trinajstić information content (AvgIpc) is 3.04. The summed E-state index contributed by atoms with van der Waals surface area (Å²) in [5.74, 6) is -0.0270. The molecule has 0 bridgehead atoms. The van der Waals surface area contributed by atoms with Crippen LogP contribution >= 0.6 is 11.8 Å². The van der Waals surface area contributed by atoms with E-state index < -0.39 is 30.1 Å². The Morgan fingerprint density at radius 1 is 1.20 bits per heavy atom. The van der Waals surface area contributed by atoms with Crippen molar-refractivity contribution in [2.24, 2.45) is 5.92 Å². The van der Waals surface area contributed by atoms with Gasteiger partial charge >= 0.3 is 12.1 Å². The molecule has 1 fully saturated rings. The first-order valence-electron chi connectivity index (χ1n) is 12.1. The number of rotatable bonds is 13. The summed E-state index contributed by atoms with van der Waals surface area (Å²) in [7, 11) is 0. The van der Waals surface area contributed by atoms with Gasteiger partial charge in [0.05, 0.1) is 30.0 Å². The van der Waals surface area contributed by atoms with Crippen LogP contribution in [0, 0.1) is 5.92 Å². The molecule has 1 aliphatic rings. The number of esters is 1. The number of hydrogen-bond donors (Lipinski definition) is 3. The fourth-order valence-electron chi connectivity index (χ4n) is 4.24. The van der Waals surface area contributed by atoms with Gasteiger partial charge in [-0.05, 0) is 63.5 Å². The Labute approximate surface area is 209 Å². The Balaban J connectivity index is 1.75. The zero-order valence-electron chi connectivity index (χ0n) is 20.3. The first kappa shape index (κ1) is 29.7. The third-order valence-corrected chi connectivity index (χ3v) is 7.62. The van der Waals surface area contributed by atoms with Gasteiger partial charge < -0.3 is 20.1 Å². The smallest absolute Gasteiger partial charge is 0.416 e. The summed E-state index contributed by atoms with van der Waals surface area (Å²) in [5, 5.41) is 30.9. The predicted molar refractivity (Wildman–Crippen MR) is 131 cm³/mol. The maximum absolute atomic E-state index is 12.9. The van der Waals surface area contributed by atoms with Crippen molar-refractivity contribution in [2.75, 3.05) is 5.75 Å². The molecule has 5 atom stereocenters. The second-order valence-electron chi connectivity index (χ2n) is 9.35. The SMILES string of the molecule is CC(C)OC(=O)CC/C=C\CC[C@H]1C(O)CC(O)C1SCC(O)CCc1cccc(C(F)(F)F)c1. The van der Waals surface area contributed by atoms with Crippen LogP contribution < -0.4 is 0 Å². The number of ether oxygens (including phenoxy) is 1. The molecule has 1 aromatic rings. The van der Waals surface area contributed by atoms with Crippen molar-refractivity contribution in [3.05, 3.63) is 47.5 Å². The molecule has 1 aromatic carbocycles. The normalized spacial score (nSPS) is 23.8. The molecule has 35 heavy (non-hydrogen) atoms. The van der Waals surface area contributed by atoms with Gasteiger partial charge in [-0.1, -0.05) is 30.4 Å². The van der Waals surface area contributed by atoms with E-state index in [-0.39, 0.29) is 29.7 Å². The molecular formula is C26H37F3O5S. The summed E-state index contributed by atoms with van der Waals surface area (Å²) >= 11 is 1.41. The van der Waals surface area contributed by atoms with Crippen molar-refractivity contribution in [3.63, 3.8) is 0 Å². The lowest BCUT2D eigenvalue weighted by atomic mass is 9.99. The molecule has 0 saturated heterocycles. The fraction of sp³-hybridized carbons (Fsp3) is 0.654. The van der Waals surface area contributed by atoms with Crippen LogP contribution in [0.15, 0.2) is 36.4 Å². The topological polar surface area (TPSA) is 87.0 Å². The van der Waals surface area contributed by atoms with Crippen LogP contribution in [0.3, 0.4) is 0 Å². The van der Waals surface area contributed by atoms with Gasteiger partial charge in [-0.2, -0.15) is 24.9 Å². The molecule has 1 aliphatic carbocycles. The highest BCUT2D eigenvalue weighted by atomic mass is 32.2. The number of benzene rings is 1. The summed E-state index contributed by atoms with van der Waals surface area (Å²) in [6.07, 6.45) is 0.504. The maximum Gasteiger partial charge on any atom is 0.416 e. The average molecular weight is 519 g/mol. The van der Waals surface area contributed by atoms with E-state index >= 15 is 0 Å². The molecule has 0 amide bonds. The molecule has 0 radical (unpaired) electrons. The van der Waals surface area contributed by atoms with Gasteiger partial charge in [0.2, 0.25) is 0 Å². The van der Waals surface area contributed by atoms with E-state index in [2.05, 4.69) is 0 Å². The number of halogens is 3. The van der Waals surface area contributed by atoms with E-state index in [9.17, 15) is 33.3 Å². The Morgan fingerprint density at radius 2 is 1.91 bits per heavy atom. The van der Waals surface area contributed by atoms with Crippen molar-refractivity contribution in [1.82, 2.24) is 0 Å². The largest absolute Gasteiger partial charge is 0.463 e. The molecule has 0 spiro atoms. The Kier molecular flexibility index (Phi) is 12.1. The van der Waals surface area contributed by atoms with Crippen molar-refractivity contribution in [3.8, 4) is 0 Å². The highest BCUT2D eigenvalue weighted by Crippen LogP contribution is 2.39. The number of hydrogen-bond acceptors (Lipinski definition) is 6. The quantitative estimate of drug-likeness (QED) is 0.254. The lowest BCUT2D eigenvalue weighted by Crippen LogP contribution is -2.27. The summed E-state index contributed by atoms with van der Waals surface area (Å²) in [4.78, 5) is 11.5.